The lowest BCUT2D eigenvalue weighted by molar-refractivity contribution is 0.0944. The van der Waals surface area contributed by atoms with Crippen molar-refractivity contribution in [2.24, 2.45) is 11.8 Å². The van der Waals surface area contributed by atoms with Crippen LogP contribution >= 0.6 is 0 Å². The van der Waals surface area contributed by atoms with Crippen LogP contribution < -0.4 is 5.32 Å². The molecular formula is C18H31N3O3S. The molecule has 0 atom stereocenters. The summed E-state index contributed by atoms with van der Waals surface area (Å²) in [5.74, 6) is 1.41. The lowest BCUT2D eigenvalue weighted by atomic mass is 10.0. The Morgan fingerprint density at radius 1 is 1.28 bits per heavy atom. The summed E-state index contributed by atoms with van der Waals surface area (Å²) in [6.07, 6.45) is 3.95. The second-order valence-corrected chi connectivity index (χ2v) is 10.1. The third kappa shape index (κ3) is 5.56. The highest BCUT2D eigenvalue weighted by Gasteiger charge is 2.25. The Bertz CT molecular complexity index is 678. The monoisotopic (exact) mass is 369 g/mol. The fraction of sp³-hybridized carbons (Fsp3) is 0.778. The van der Waals surface area contributed by atoms with Crippen molar-refractivity contribution in [2.45, 2.75) is 59.4 Å². The van der Waals surface area contributed by atoms with Crippen molar-refractivity contribution in [3.63, 3.8) is 0 Å². The number of carbonyl (C=O) groups is 1. The number of hydrogen-bond acceptors (Lipinski definition) is 4. The van der Waals surface area contributed by atoms with Crippen LogP contribution in [0.2, 0.25) is 0 Å². The molecule has 1 saturated heterocycles. The van der Waals surface area contributed by atoms with Crippen LogP contribution in [0, 0.1) is 11.8 Å². The molecule has 1 amide bonds. The minimum Gasteiger partial charge on any atom is -0.352 e. The number of hydrogen-bond donors (Lipinski definition) is 1. The summed E-state index contributed by atoms with van der Waals surface area (Å²) in [4.78, 5) is 12.6. The number of rotatable bonds is 7. The van der Waals surface area contributed by atoms with Gasteiger partial charge in [-0.25, -0.2) is 8.42 Å². The van der Waals surface area contributed by atoms with E-state index in [0.717, 1.165) is 18.7 Å². The summed E-state index contributed by atoms with van der Waals surface area (Å²) in [6.45, 7) is 9.85. The SMILES string of the molecule is CC(C)CCn1ncc(C(=O)NCC2CCS(=O)(=O)CC2)c1C(C)C. The highest BCUT2D eigenvalue weighted by Crippen LogP contribution is 2.22. The minimum atomic E-state index is -2.86. The van der Waals surface area contributed by atoms with Crippen LogP contribution in [0.4, 0.5) is 0 Å². The zero-order valence-corrected chi connectivity index (χ0v) is 16.6. The first-order valence-electron chi connectivity index (χ1n) is 9.24. The minimum absolute atomic E-state index is 0.104. The number of nitrogens with one attached hydrogen (secondary N) is 1. The standard InChI is InChI=1S/C18H31N3O3S/c1-13(2)5-8-21-17(14(3)4)16(12-20-21)18(22)19-11-15-6-9-25(23,24)10-7-15/h12-15H,5-11H2,1-4H3,(H,19,22). The van der Waals surface area contributed by atoms with Gasteiger partial charge in [-0.3, -0.25) is 9.48 Å². The average molecular weight is 370 g/mol. The van der Waals surface area contributed by atoms with Crippen LogP contribution in [-0.4, -0.2) is 42.2 Å². The largest absolute Gasteiger partial charge is 0.352 e. The molecule has 1 aliphatic heterocycles. The Morgan fingerprint density at radius 2 is 1.92 bits per heavy atom. The van der Waals surface area contributed by atoms with Crippen molar-refractivity contribution >= 4 is 15.7 Å². The summed E-state index contributed by atoms with van der Waals surface area (Å²) in [5.41, 5.74) is 1.62. The second-order valence-electron chi connectivity index (χ2n) is 7.81. The third-order valence-electron chi connectivity index (χ3n) is 4.82. The summed E-state index contributed by atoms with van der Waals surface area (Å²) in [6, 6.07) is 0. The Labute approximate surface area is 151 Å². The van der Waals surface area contributed by atoms with Gasteiger partial charge in [0, 0.05) is 13.1 Å². The summed E-state index contributed by atoms with van der Waals surface area (Å²) in [7, 11) is -2.86. The van der Waals surface area contributed by atoms with Crippen molar-refractivity contribution in [3.05, 3.63) is 17.5 Å². The molecule has 25 heavy (non-hydrogen) atoms. The zero-order valence-electron chi connectivity index (χ0n) is 15.8. The van der Waals surface area contributed by atoms with E-state index >= 15 is 0 Å². The molecular weight excluding hydrogens is 338 g/mol. The number of nitrogens with zero attached hydrogens (tertiary/aromatic N) is 2. The van der Waals surface area contributed by atoms with Crippen LogP contribution in [0.25, 0.3) is 0 Å². The maximum absolute atomic E-state index is 12.6. The van der Waals surface area contributed by atoms with Crippen molar-refractivity contribution in [2.75, 3.05) is 18.1 Å². The maximum Gasteiger partial charge on any atom is 0.254 e. The first-order valence-corrected chi connectivity index (χ1v) is 11.1. The molecule has 0 unspecified atom stereocenters. The molecule has 2 heterocycles. The van der Waals surface area contributed by atoms with E-state index < -0.39 is 9.84 Å². The summed E-state index contributed by atoms with van der Waals surface area (Å²) < 4.78 is 24.9. The smallest absolute Gasteiger partial charge is 0.254 e. The molecule has 1 aliphatic rings. The van der Waals surface area contributed by atoms with E-state index in [-0.39, 0.29) is 29.2 Å². The Kier molecular flexibility index (Phi) is 6.65. The third-order valence-corrected chi connectivity index (χ3v) is 6.53. The van der Waals surface area contributed by atoms with Crippen molar-refractivity contribution < 1.29 is 13.2 Å². The van der Waals surface area contributed by atoms with Crippen LogP contribution in [0.3, 0.4) is 0 Å². The van der Waals surface area contributed by atoms with Crippen LogP contribution in [-0.2, 0) is 16.4 Å². The number of amides is 1. The average Bonchev–Trinajstić information content (AvgIpc) is 2.95. The van der Waals surface area contributed by atoms with E-state index in [1.54, 1.807) is 6.20 Å². The molecule has 1 aromatic rings. The van der Waals surface area contributed by atoms with Gasteiger partial charge >= 0.3 is 0 Å². The van der Waals surface area contributed by atoms with Gasteiger partial charge in [0.05, 0.1) is 29.0 Å². The fourth-order valence-corrected chi connectivity index (χ4v) is 4.80. The fourth-order valence-electron chi connectivity index (χ4n) is 3.21. The molecule has 1 fully saturated rings. The van der Waals surface area contributed by atoms with Crippen LogP contribution in [0.5, 0.6) is 0 Å². The van der Waals surface area contributed by atoms with E-state index in [0.29, 0.717) is 30.9 Å². The topological polar surface area (TPSA) is 81.1 Å². The van der Waals surface area contributed by atoms with E-state index in [2.05, 4.69) is 38.1 Å². The van der Waals surface area contributed by atoms with Crippen molar-refractivity contribution in [1.82, 2.24) is 15.1 Å². The molecule has 142 valence electrons. The quantitative estimate of drug-likeness (QED) is 0.801. The number of aromatic nitrogens is 2. The molecule has 0 radical (unpaired) electrons. The summed E-state index contributed by atoms with van der Waals surface area (Å²) in [5, 5.41) is 7.40. The van der Waals surface area contributed by atoms with Gasteiger partial charge in [-0.15, -0.1) is 0 Å². The molecule has 7 heteroatoms. The van der Waals surface area contributed by atoms with Gasteiger partial charge in [-0.1, -0.05) is 27.7 Å². The predicted octanol–water partition coefficient (Wildman–Crippen LogP) is 2.61. The molecule has 0 bridgehead atoms. The lowest BCUT2D eigenvalue weighted by Gasteiger charge is -2.22. The molecule has 0 spiro atoms. The highest BCUT2D eigenvalue weighted by molar-refractivity contribution is 7.91. The van der Waals surface area contributed by atoms with Gasteiger partial charge in [-0.2, -0.15) is 5.10 Å². The predicted molar refractivity (Wildman–Crippen MR) is 99.5 cm³/mol. The maximum atomic E-state index is 12.6. The molecule has 1 aromatic heterocycles. The van der Waals surface area contributed by atoms with E-state index in [1.165, 1.54) is 0 Å². The first-order chi connectivity index (χ1) is 11.7. The van der Waals surface area contributed by atoms with Crippen LogP contribution in [0.1, 0.15) is 68.9 Å². The number of aryl methyl sites for hydroxylation is 1. The van der Waals surface area contributed by atoms with E-state index in [1.807, 2.05) is 4.68 Å². The van der Waals surface area contributed by atoms with Gasteiger partial charge in [0.1, 0.15) is 9.84 Å². The van der Waals surface area contributed by atoms with Crippen molar-refractivity contribution in [1.29, 1.82) is 0 Å². The number of carbonyl (C=O) groups excluding carboxylic acids is 1. The second kappa shape index (κ2) is 8.34. The van der Waals surface area contributed by atoms with Crippen molar-refractivity contribution in [3.8, 4) is 0 Å². The molecule has 6 nitrogen and oxygen atoms in total. The zero-order chi connectivity index (χ0) is 18.6. The van der Waals surface area contributed by atoms with Gasteiger partial charge in [0.25, 0.3) is 5.91 Å². The molecule has 2 rings (SSSR count). The van der Waals surface area contributed by atoms with Crippen LogP contribution in [0.15, 0.2) is 6.20 Å². The van der Waals surface area contributed by atoms with Gasteiger partial charge in [-0.05, 0) is 37.0 Å². The lowest BCUT2D eigenvalue weighted by Crippen LogP contribution is -2.34. The van der Waals surface area contributed by atoms with E-state index in [9.17, 15) is 13.2 Å². The molecule has 0 aromatic carbocycles. The van der Waals surface area contributed by atoms with E-state index in [4.69, 9.17) is 0 Å². The Hall–Kier alpha value is -1.37. The Morgan fingerprint density at radius 3 is 2.48 bits per heavy atom. The molecule has 0 aliphatic carbocycles. The van der Waals surface area contributed by atoms with Gasteiger partial charge < -0.3 is 5.32 Å². The highest BCUT2D eigenvalue weighted by atomic mass is 32.2. The van der Waals surface area contributed by atoms with Gasteiger partial charge in [0.2, 0.25) is 0 Å². The summed E-state index contributed by atoms with van der Waals surface area (Å²) >= 11 is 0. The number of sulfone groups is 1. The molecule has 0 saturated carbocycles. The normalized spacial score (nSPS) is 18.0. The first kappa shape index (κ1) is 19.9. The van der Waals surface area contributed by atoms with Gasteiger partial charge in [0.15, 0.2) is 0 Å². The molecule has 1 N–H and O–H groups in total. The Balaban J connectivity index is 1.99.